The quantitative estimate of drug-likeness (QED) is 0.762. The molecule has 2 aromatic rings. The van der Waals surface area contributed by atoms with E-state index in [9.17, 15) is 4.79 Å². The van der Waals surface area contributed by atoms with Gasteiger partial charge >= 0.3 is 0 Å². The number of rotatable bonds is 7. The van der Waals surface area contributed by atoms with Gasteiger partial charge in [0.25, 0.3) is 5.56 Å². The van der Waals surface area contributed by atoms with Crippen LogP contribution in [0.15, 0.2) is 41.2 Å². The van der Waals surface area contributed by atoms with Gasteiger partial charge in [-0.3, -0.25) is 4.79 Å². The highest BCUT2D eigenvalue weighted by Gasteiger charge is 2.04. The van der Waals surface area contributed by atoms with Gasteiger partial charge in [-0.05, 0) is 18.2 Å². The normalized spacial score (nSPS) is 10.6. The lowest BCUT2D eigenvalue weighted by atomic mass is 10.1. The summed E-state index contributed by atoms with van der Waals surface area (Å²) in [7, 11) is 3.27. The smallest absolute Gasteiger partial charge is 0.252 e. The third-order valence-corrected chi connectivity index (χ3v) is 3.17. The second-order valence-electron chi connectivity index (χ2n) is 4.63. The van der Waals surface area contributed by atoms with E-state index in [0.717, 1.165) is 17.0 Å². The molecule has 0 bridgehead atoms. The van der Waals surface area contributed by atoms with Crippen molar-refractivity contribution < 1.29 is 9.47 Å². The first-order valence-electron chi connectivity index (χ1n) is 6.81. The molecule has 0 radical (unpaired) electrons. The zero-order valence-corrected chi connectivity index (χ0v) is 12.3. The number of methoxy groups -OCH3 is 2. The van der Waals surface area contributed by atoms with E-state index in [4.69, 9.17) is 9.47 Å². The number of pyridine rings is 1. The minimum atomic E-state index is -0.0831. The largest absolute Gasteiger partial charge is 0.497 e. The monoisotopic (exact) mass is 288 g/mol. The second kappa shape index (κ2) is 7.61. The van der Waals surface area contributed by atoms with Crippen molar-refractivity contribution in [2.75, 3.05) is 27.4 Å². The maximum Gasteiger partial charge on any atom is 0.252 e. The van der Waals surface area contributed by atoms with Crippen LogP contribution in [0.3, 0.4) is 0 Å². The fourth-order valence-electron chi connectivity index (χ4n) is 2.00. The van der Waals surface area contributed by atoms with E-state index >= 15 is 0 Å². The molecule has 2 N–H and O–H groups in total. The molecule has 0 aliphatic rings. The molecule has 0 saturated heterocycles. The van der Waals surface area contributed by atoms with E-state index in [0.29, 0.717) is 25.3 Å². The Hall–Kier alpha value is -2.11. The third kappa shape index (κ3) is 4.18. The highest BCUT2D eigenvalue weighted by atomic mass is 16.5. The number of nitrogens with one attached hydrogen (secondary N) is 2. The van der Waals surface area contributed by atoms with E-state index in [1.54, 1.807) is 14.2 Å². The first kappa shape index (κ1) is 15.3. The summed E-state index contributed by atoms with van der Waals surface area (Å²) < 4.78 is 10.1. The topological polar surface area (TPSA) is 63.4 Å². The molecule has 0 fully saturated rings. The minimum Gasteiger partial charge on any atom is -0.497 e. The average Bonchev–Trinajstić information content (AvgIpc) is 2.53. The van der Waals surface area contributed by atoms with Crippen molar-refractivity contribution >= 4 is 0 Å². The van der Waals surface area contributed by atoms with Crippen molar-refractivity contribution in [3.05, 3.63) is 52.3 Å². The zero-order chi connectivity index (χ0) is 15.1. The number of hydrogen-bond donors (Lipinski definition) is 2. The minimum absolute atomic E-state index is 0.0831. The highest BCUT2D eigenvalue weighted by molar-refractivity contribution is 5.61. The van der Waals surface area contributed by atoms with Crippen LogP contribution in [0.4, 0.5) is 0 Å². The van der Waals surface area contributed by atoms with Gasteiger partial charge in [0.05, 0.1) is 13.7 Å². The summed E-state index contributed by atoms with van der Waals surface area (Å²) in [6.07, 6.45) is 0. The summed E-state index contributed by atoms with van der Waals surface area (Å²) >= 11 is 0. The van der Waals surface area contributed by atoms with Gasteiger partial charge in [-0.25, -0.2) is 0 Å². The fourth-order valence-corrected chi connectivity index (χ4v) is 2.00. The number of benzene rings is 1. The van der Waals surface area contributed by atoms with Gasteiger partial charge in [-0.1, -0.05) is 18.2 Å². The van der Waals surface area contributed by atoms with Crippen LogP contribution in [-0.4, -0.2) is 32.4 Å². The SMILES string of the molecule is COCCNCc1ccc(-c2cccc(OC)c2)[nH]c1=O. The molecule has 5 nitrogen and oxygen atoms in total. The number of aromatic nitrogens is 1. The van der Waals surface area contributed by atoms with Gasteiger partial charge in [-0.2, -0.15) is 0 Å². The summed E-state index contributed by atoms with van der Waals surface area (Å²) in [5, 5.41) is 3.16. The number of H-pyrrole nitrogens is 1. The van der Waals surface area contributed by atoms with Crippen LogP contribution in [0.2, 0.25) is 0 Å². The molecular formula is C16H20N2O3. The molecule has 0 atom stereocenters. The Morgan fingerprint density at radius 1 is 1.19 bits per heavy atom. The van der Waals surface area contributed by atoms with Gasteiger partial charge in [0.15, 0.2) is 0 Å². The van der Waals surface area contributed by atoms with Crippen molar-refractivity contribution in [1.29, 1.82) is 0 Å². The van der Waals surface area contributed by atoms with Gasteiger partial charge in [0, 0.05) is 37.0 Å². The Labute approximate surface area is 123 Å². The van der Waals surface area contributed by atoms with E-state index in [1.807, 2.05) is 36.4 Å². The standard InChI is InChI=1S/C16H20N2O3/c1-20-9-8-17-11-13-6-7-15(18-16(13)19)12-4-3-5-14(10-12)21-2/h3-7,10,17H,8-9,11H2,1-2H3,(H,18,19). The van der Waals surface area contributed by atoms with Crippen LogP contribution >= 0.6 is 0 Å². The summed E-state index contributed by atoms with van der Waals surface area (Å²) in [6.45, 7) is 1.87. The van der Waals surface area contributed by atoms with E-state index in [2.05, 4.69) is 10.3 Å². The molecule has 0 aliphatic carbocycles. The Morgan fingerprint density at radius 3 is 2.76 bits per heavy atom. The number of aromatic amines is 1. The van der Waals surface area contributed by atoms with Crippen molar-refractivity contribution in [1.82, 2.24) is 10.3 Å². The van der Waals surface area contributed by atoms with Crippen LogP contribution in [-0.2, 0) is 11.3 Å². The van der Waals surface area contributed by atoms with Gasteiger partial charge in [0.1, 0.15) is 5.75 Å². The Bertz CT molecular complexity index is 637. The molecule has 2 rings (SSSR count). The molecule has 0 unspecified atom stereocenters. The third-order valence-electron chi connectivity index (χ3n) is 3.17. The van der Waals surface area contributed by atoms with Crippen LogP contribution < -0.4 is 15.6 Å². The number of ether oxygens (including phenoxy) is 2. The fraction of sp³-hybridized carbons (Fsp3) is 0.312. The lowest BCUT2D eigenvalue weighted by molar-refractivity contribution is 0.199. The molecule has 1 aromatic carbocycles. The number of hydrogen-bond acceptors (Lipinski definition) is 4. The molecule has 0 amide bonds. The van der Waals surface area contributed by atoms with Crippen molar-refractivity contribution in [2.45, 2.75) is 6.54 Å². The average molecular weight is 288 g/mol. The van der Waals surface area contributed by atoms with Crippen LogP contribution in [0.1, 0.15) is 5.56 Å². The van der Waals surface area contributed by atoms with Crippen molar-refractivity contribution in [3.8, 4) is 17.0 Å². The molecule has 112 valence electrons. The first-order valence-corrected chi connectivity index (χ1v) is 6.81. The van der Waals surface area contributed by atoms with Crippen molar-refractivity contribution in [2.24, 2.45) is 0 Å². The molecule has 0 saturated carbocycles. The lowest BCUT2D eigenvalue weighted by Crippen LogP contribution is -2.23. The lowest BCUT2D eigenvalue weighted by Gasteiger charge is -2.07. The van der Waals surface area contributed by atoms with E-state index < -0.39 is 0 Å². The van der Waals surface area contributed by atoms with Gasteiger partial charge in [0.2, 0.25) is 0 Å². The van der Waals surface area contributed by atoms with Gasteiger partial charge in [-0.15, -0.1) is 0 Å². The molecule has 0 aliphatic heterocycles. The molecule has 1 heterocycles. The van der Waals surface area contributed by atoms with Gasteiger partial charge < -0.3 is 19.8 Å². The molecule has 0 spiro atoms. The maximum absolute atomic E-state index is 12.1. The highest BCUT2D eigenvalue weighted by Crippen LogP contribution is 2.21. The first-order chi connectivity index (χ1) is 10.2. The van der Waals surface area contributed by atoms with E-state index in [-0.39, 0.29) is 5.56 Å². The zero-order valence-electron chi connectivity index (χ0n) is 12.3. The Balaban J connectivity index is 2.12. The summed E-state index contributed by atoms with van der Waals surface area (Å²) in [6, 6.07) is 11.3. The summed E-state index contributed by atoms with van der Waals surface area (Å²) in [4.78, 5) is 15.0. The van der Waals surface area contributed by atoms with Crippen LogP contribution in [0, 0.1) is 0 Å². The molecule has 21 heavy (non-hydrogen) atoms. The molecule has 5 heteroatoms. The Morgan fingerprint density at radius 2 is 2.05 bits per heavy atom. The molecule has 1 aromatic heterocycles. The second-order valence-corrected chi connectivity index (χ2v) is 4.63. The Kier molecular flexibility index (Phi) is 5.54. The van der Waals surface area contributed by atoms with Crippen molar-refractivity contribution in [3.63, 3.8) is 0 Å². The summed E-state index contributed by atoms with van der Waals surface area (Å²) in [5.74, 6) is 0.763. The predicted molar refractivity (Wildman–Crippen MR) is 82.6 cm³/mol. The molecular weight excluding hydrogens is 268 g/mol. The van der Waals surface area contributed by atoms with E-state index in [1.165, 1.54) is 0 Å². The summed E-state index contributed by atoms with van der Waals surface area (Å²) in [5.41, 5.74) is 2.32. The predicted octanol–water partition coefficient (Wildman–Crippen LogP) is 1.79. The maximum atomic E-state index is 12.1. The van der Waals surface area contributed by atoms with Crippen LogP contribution in [0.25, 0.3) is 11.3 Å². The van der Waals surface area contributed by atoms with Crippen LogP contribution in [0.5, 0.6) is 5.75 Å².